The number of hydrogen-bond donors (Lipinski definition) is 0. The van der Waals surface area contributed by atoms with Crippen LogP contribution in [0.3, 0.4) is 0 Å². The Labute approximate surface area is 162 Å². The van der Waals surface area contributed by atoms with Gasteiger partial charge < -0.3 is 4.57 Å². The van der Waals surface area contributed by atoms with Gasteiger partial charge in [-0.2, -0.15) is 0 Å². The van der Waals surface area contributed by atoms with E-state index in [0.29, 0.717) is 17.7 Å². The number of para-hydroxylation sites is 1. The minimum Gasteiger partial charge on any atom is -0.320 e. The maximum atomic E-state index is 13.2. The Hall–Kier alpha value is -3.41. The highest BCUT2D eigenvalue weighted by Gasteiger charge is 2.21. The van der Waals surface area contributed by atoms with E-state index in [1.807, 2.05) is 79.9 Å². The van der Waals surface area contributed by atoms with E-state index in [0.717, 1.165) is 16.8 Å². The summed E-state index contributed by atoms with van der Waals surface area (Å²) in [5, 5.41) is 0. The Morgan fingerprint density at radius 3 is 2.32 bits per heavy atom. The van der Waals surface area contributed by atoms with E-state index in [4.69, 9.17) is 0 Å². The van der Waals surface area contributed by atoms with Crippen LogP contribution in [0, 0.1) is 6.92 Å². The van der Waals surface area contributed by atoms with E-state index < -0.39 is 0 Å². The molecule has 4 rings (SSSR count). The summed E-state index contributed by atoms with van der Waals surface area (Å²) >= 11 is 0. The molecule has 0 aliphatic carbocycles. The Bertz CT molecular complexity index is 1260. The maximum absolute atomic E-state index is 13.2. The first-order chi connectivity index (χ1) is 13.5. The van der Waals surface area contributed by atoms with Gasteiger partial charge in [-0.1, -0.05) is 48.5 Å². The largest absolute Gasteiger partial charge is 0.337 e. The van der Waals surface area contributed by atoms with Crippen molar-refractivity contribution >= 4 is 11.2 Å². The molecule has 0 saturated carbocycles. The van der Waals surface area contributed by atoms with Crippen molar-refractivity contribution in [2.75, 3.05) is 0 Å². The first-order valence-electron chi connectivity index (χ1n) is 9.31. The van der Waals surface area contributed by atoms with Crippen LogP contribution in [-0.4, -0.2) is 18.7 Å². The monoisotopic (exact) mass is 374 g/mol. The van der Waals surface area contributed by atoms with E-state index in [2.05, 4.69) is 4.98 Å². The third-order valence-corrected chi connectivity index (χ3v) is 4.92. The minimum atomic E-state index is -0.369. The van der Waals surface area contributed by atoms with E-state index in [1.165, 1.54) is 4.57 Å². The SMILES string of the molecule is Cc1ccccc1-n1c(=O)n(C(C)C)c(=O)c2c1ncn2Cc1ccccc1. The standard InChI is InChI=1S/C22H22N4O2/c1-15(2)25-21(27)19-20(23-14-24(19)13-17-10-5-4-6-11-17)26(22(25)28)18-12-8-7-9-16(18)3/h4-12,14-15H,13H2,1-3H3. The van der Waals surface area contributed by atoms with Gasteiger partial charge in [0.15, 0.2) is 11.2 Å². The molecule has 0 saturated heterocycles. The molecule has 2 aromatic carbocycles. The van der Waals surface area contributed by atoms with Crippen molar-refractivity contribution in [2.45, 2.75) is 33.4 Å². The number of aromatic nitrogens is 4. The van der Waals surface area contributed by atoms with Gasteiger partial charge in [0, 0.05) is 12.6 Å². The van der Waals surface area contributed by atoms with Crippen LogP contribution in [0.1, 0.15) is 31.0 Å². The second-order valence-corrected chi connectivity index (χ2v) is 7.20. The van der Waals surface area contributed by atoms with Crippen molar-refractivity contribution in [3.8, 4) is 5.69 Å². The number of fused-ring (bicyclic) bond motifs is 1. The zero-order chi connectivity index (χ0) is 19.8. The summed E-state index contributed by atoms with van der Waals surface area (Å²) < 4.78 is 4.67. The maximum Gasteiger partial charge on any atom is 0.337 e. The quantitative estimate of drug-likeness (QED) is 0.551. The number of benzene rings is 2. The van der Waals surface area contributed by atoms with Gasteiger partial charge in [0.25, 0.3) is 5.56 Å². The Kier molecular flexibility index (Phi) is 4.47. The predicted molar refractivity (Wildman–Crippen MR) is 110 cm³/mol. The lowest BCUT2D eigenvalue weighted by Gasteiger charge is -2.16. The van der Waals surface area contributed by atoms with Gasteiger partial charge in [0.1, 0.15) is 0 Å². The Balaban J connectivity index is 2.07. The highest BCUT2D eigenvalue weighted by atomic mass is 16.2. The van der Waals surface area contributed by atoms with Gasteiger partial charge in [0.05, 0.1) is 12.0 Å². The molecule has 0 spiro atoms. The van der Waals surface area contributed by atoms with Crippen molar-refractivity contribution in [1.82, 2.24) is 18.7 Å². The lowest BCUT2D eigenvalue weighted by Crippen LogP contribution is -2.41. The fourth-order valence-corrected chi connectivity index (χ4v) is 3.54. The van der Waals surface area contributed by atoms with Crippen LogP contribution in [0.4, 0.5) is 0 Å². The van der Waals surface area contributed by atoms with Crippen molar-refractivity contribution in [1.29, 1.82) is 0 Å². The predicted octanol–water partition coefficient (Wildman–Crippen LogP) is 3.29. The molecule has 6 heteroatoms. The van der Waals surface area contributed by atoms with Gasteiger partial charge >= 0.3 is 5.69 Å². The van der Waals surface area contributed by atoms with Crippen LogP contribution in [0.2, 0.25) is 0 Å². The number of aryl methyl sites for hydroxylation is 1. The average molecular weight is 374 g/mol. The fraction of sp³-hybridized carbons (Fsp3) is 0.227. The molecule has 28 heavy (non-hydrogen) atoms. The zero-order valence-electron chi connectivity index (χ0n) is 16.2. The van der Waals surface area contributed by atoms with Gasteiger partial charge in [-0.05, 0) is 38.0 Å². The van der Waals surface area contributed by atoms with Crippen LogP contribution < -0.4 is 11.2 Å². The van der Waals surface area contributed by atoms with Gasteiger partial charge in [-0.25, -0.2) is 14.3 Å². The molecule has 2 heterocycles. The molecule has 0 bridgehead atoms. The number of rotatable bonds is 4. The van der Waals surface area contributed by atoms with Crippen molar-refractivity contribution in [3.05, 3.63) is 92.9 Å². The summed E-state index contributed by atoms with van der Waals surface area (Å²) in [5.74, 6) is 0. The lowest BCUT2D eigenvalue weighted by molar-refractivity contribution is 0.538. The Morgan fingerprint density at radius 1 is 0.964 bits per heavy atom. The smallest absolute Gasteiger partial charge is 0.320 e. The number of imidazole rings is 1. The third kappa shape index (κ3) is 2.87. The molecule has 0 unspecified atom stereocenters. The van der Waals surface area contributed by atoms with Gasteiger partial charge in [-0.3, -0.25) is 9.36 Å². The minimum absolute atomic E-state index is 0.264. The van der Waals surface area contributed by atoms with Crippen LogP contribution in [0.5, 0.6) is 0 Å². The van der Waals surface area contributed by atoms with Crippen LogP contribution in [0.15, 0.2) is 70.5 Å². The molecular formula is C22H22N4O2. The van der Waals surface area contributed by atoms with Crippen molar-refractivity contribution in [3.63, 3.8) is 0 Å². The molecule has 0 aliphatic rings. The van der Waals surface area contributed by atoms with Crippen LogP contribution in [-0.2, 0) is 6.54 Å². The highest BCUT2D eigenvalue weighted by molar-refractivity contribution is 5.73. The zero-order valence-corrected chi connectivity index (χ0v) is 16.2. The fourth-order valence-electron chi connectivity index (χ4n) is 3.54. The molecule has 2 aromatic heterocycles. The Morgan fingerprint density at radius 2 is 1.64 bits per heavy atom. The molecule has 4 aromatic rings. The second-order valence-electron chi connectivity index (χ2n) is 7.20. The topological polar surface area (TPSA) is 61.8 Å². The molecule has 0 radical (unpaired) electrons. The third-order valence-electron chi connectivity index (χ3n) is 4.92. The molecule has 0 aliphatic heterocycles. The molecule has 6 nitrogen and oxygen atoms in total. The highest BCUT2D eigenvalue weighted by Crippen LogP contribution is 2.18. The van der Waals surface area contributed by atoms with E-state index in [1.54, 1.807) is 10.9 Å². The van der Waals surface area contributed by atoms with Gasteiger partial charge in [0.2, 0.25) is 0 Å². The summed E-state index contributed by atoms with van der Waals surface area (Å²) in [5.41, 5.74) is 2.87. The normalized spacial score (nSPS) is 11.4. The molecule has 0 N–H and O–H groups in total. The van der Waals surface area contributed by atoms with E-state index in [-0.39, 0.29) is 17.3 Å². The molecule has 0 amide bonds. The lowest BCUT2D eigenvalue weighted by atomic mass is 10.2. The van der Waals surface area contributed by atoms with Crippen molar-refractivity contribution < 1.29 is 0 Å². The summed E-state index contributed by atoms with van der Waals surface area (Å²) in [6, 6.07) is 17.3. The summed E-state index contributed by atoms with van der Waals surface area (Å²) in [4.78, 5) is 30.9. The molecule has 0 fully saturated rings. The molecular weight excluding hydrogens is 352 g/mol. The molecule has 0 atom stereocenters. The average Bonchev–Trinajstić information content (AvgIpc) is 3.07. The number of nitrogens with zero attached hydrogens (tertiary/aromatic N) is 4. The van der Waals surface area contributed by atoms with Gasteiger partial charge in [-0.15, -0.1) is 0 Å². The molecule has 142 valence electrons. The van der Waals surface area contributed by atoms with Crippen LogP contribution in [0.25, 0.3) is 16.9 Å². The summed E-state index contributed by atoms with van der Waals surface area (Å²) in [7, 11) is 0. The van der Waals surface area contributed by atoms with E-state index in [9.17, 15) is 9.59 Å². The number of hydrogen-bond acceptors (Lipinski definition) is 3. The summed E-state index contributed by atoms with van der Waals surface area (Å²) in [6.45, 7) is 6.14. The summed E-state index contributed by atoms with van der Waals surface area (Å²) in [6.07, 6.45) is 1.64. The van der Waals surface area contributed by atoms with Crippen LogP contribution >= 0.6 is 0 Å². The first-order valence-corrected chi connectivity index (χ1v) is 9.31. The second kappa shape index (κ2) is 6.96. The first kappa shape index (κ1) is 18.0. The van der Waals surface area contributed by atoms with E-state index >= 15 is 0 Å². The van der Waals surface area contributed by atoms with Crippen molar-refractivity contribution in [2.24, 2.45) is 0 Å².